The predicted molar refractivity (Wildman–Crippen MR) is 210 cm³/mol. The molecule has 0 aliphatic carbocycles. The number of aromatic nitrogens is 3. The lowest BCUT2D eigenvalue weighted by molar-refractivity contribution is 0.420. The van der Waals surface area contributed by atoms with Crippen molar-refractivity contribution >= 4 is 81.8 Å². The number of H-pyrrole nitrogens is 1. The summed E-state index contributed by atoms with van der Waals surface area (Å²) in [6, 6.07) is 46.4. The molecule has 1 N–H and O–H groups in total. The maximum Gasteiger partial charge on any atom is 0.213 e. The van der Waals surface area contributed by atoms with E-state index in [0.717, 1.165) is 33.4 Å². The summed E-state index contributed by atoms with van der Waals surface area (Å²) in [5.41, 5.74) is 2.99. The van der Waals surface area contributed by atoms with Gasteiger partial charge in [0, 0.05) is 30.1 Å². The Balaban J connectivity index is 1.72. The number of halogens is 6. The second kappa shape index (κ2) is 14.2. The molecule has 248 valence electrons. The zero-order chi connectivity index (χ0) is 35.0. The Labute approximate surface area is 325 Å². The van der Waals surface area contributed by atoms with Crippen LogP contribution in [0.25, 0.3) is 0 Å². The van der Waals surface area contributed by atoms with Crippen LogP contribution in [-0.2, 0) is 11.0 Å². The van der Waals surface area contributed by atoms with Gasteiger partial charge < -0.3 is 0 Å². The Morgan fingerprint density at radius 2 is 0.640 bits per heavy atom. The first kappa shape index (κ1) is 34.9. The van der Waals surface area contributed by atoms with Gasteiger partial charge in [-0.05, 0) is 118 Å². The van der Waals surface area contributed by atoms with Crippen LogP contribution in [0.5, 0.6) is 0 Å². The molecule has 3 nitrogen and oxygen atoms in total. The van der Waals surface area contributed by atoms with Gasteiger partial charge in [-0.2, -0.15) is 0 Å². The molecular weight excluding hydrogens is 767 g/mol. The van der Waals surface area contributed by atoms with Crippen LogP contribution in [0.15, 0.2) is 146 Å². The van der Waals surface area contributed by atoms with E-state index in [1.807, 2.05) is 150 Å². The maximum atomic E-state index is 6.52. The monoisotopic (exact) mass is 789 g/mol. The number of nitrogens with one attached hydrogen (secondary N) is 1. The van der Waals surface area contributed by atoms with Gasteiger partial charge in [0.05, 0.1) is 0 Å². The van der Waals surface area contributed by atoms with Crippen molar-refractivity contribution in [2.75, 3.05) is 0 Å². The van der Waals surface area contributed by atoms with E-state index >= 15 is 0 Å². The van der Waals surface area contributed by atoms with Crippen molar-refractivity contribution in [2.45, 2.75) is 11.0 Å². The molecule has 0 atom stereocenters. The number of hydrogen-bond acceptors (Lipinski definition) is 2. The van der Waals surface area contributed by atoms with Crippen LogP contribution in [0.2, 0.25) is 30.1 Å². The molecule has 0 aliphatic rings. The lowest BCUT2D eigenvalue weighted by Gasteiger charge is -2.42. The highest BCUT2D eigenvalue weighted by Gasteiger charge is 2.49. The highest BCUT2D eigenvalue weighted by atomic mass is 35.5. The molecule has 0 bridgehead atoms. The van der Waals surface area contributed by atoms with Crippen LogP contribution in [0.4, 0.5) is 0 Å². The Hall–Kier alpha value is -3.58. The first-order valence-electron chi connectivity index (χ1n) is 15.4. The van der Waals surface area contributed by atoms with Gasteiger partial charge in [0.15, 0.2) is 0 Å². The summed E-state index contributed by atoms with van der Waals surface area (Å²) in [5, 5.41) is 7.05. The minimum absolute atomic E-state index is 0.266. The lowest BCUT2D eigenvalue weighted by atomic mass is 9.67. The van der Waals surface area contributed by atoms with Gasteiger partial charge in [-0.3, -0.25) is 9.78 Å². The van der Waals surface area contributed by atoms with Crippen molar-refractivity contribution in [2.24, 2.45) is 0 Å². The fourth-order valence-electron chi connectivity index (χ4n) is 6.76. The topological polar surface area (TPSA) is 33.6 Å². The minimum atomic E-state index is -1.13. The minimum Gasteiger partial charge on any atom is -0.270 e. The zero-order valence-electron chi connectivity index (χ0n) is 25.9. The van der Waals surface area contributed by atoms with E-state index in [2.05, 4.69) is 5.10 Å². The van der Waals surface area contributed by atoms with Crippen LogP contribution in [0.1, 0.15) is 39.2 Å². The molecule has 1 heterocycles. The van der Waals surface area contributed by atoms with Crippen LogP contribution < -0.4 is 0 Å². The van der Waals surface area contributed by atoms with Gasteiger partial charge >= 0.3 is 0 Å². The molecule has 7 aromatic rings. The first-order chi connectivity index (χ1) is 24.1. The van der Waals surface area contributed by atoms with Gasteiger partial charge in [-0.1, -0.05) is 142 Å². The quantitative estimate of drug-likeness (QED) is 0.123. The number of nitrogens with zero attached hydrogens (tertiary/aromatic N) is 2. The molecule has 10 heteroatoms. The molecule has 6 aromatic carbocycles. The third-order valence-corrected chi connectivity index (χ3v) is 10.6. The van der Waals surface area contributed by atoms with E-state index in [0.29, 0.717) is 36.0 Å². The van der Waals surface area contributed by atoms with E-state index in [1.54, 1.807) is 0 Å². The van der Waals surface area contributed by atoms with Gasteiger partial charge in [0.25, 0.3) is 0 Å². The van der Waals surface area contributed by atoms with Crippen molar-refractivity contribution in [1.29, 1.82) is 0 Å². The molecule has 0 saturated heterocycles. The molecule has 0 amide bonds. The SMILES string of the molecule is S=c1nc(C(c2ccc(Cl)cc2)(c2ccc(Cl)cc2)c2ccc(Cl)cc2)n(C(c2ccc(Cl)cc2)(c2ccc(Cl)cc2)c2ccc(Cl)cc2)[nH]1. The second-order valence-corrected chi connectivity index (χ2v) is 14.7. The Bertz CT molecular complexity index is 1930. The fourth-order valence-corrected chi connectivity index (χ4v) is 7.70. The zero-order valence-corrected chi connectivity index (χ0v) is 31.3. The lowest BCUT2D eigenvalue weighted by Crippen LogP contribution is -2.44. The highest BCUT2D eigenvalue weighted by Crippen LogP contribution is 2.50. The summed E-state index contributed by atoms with van der Waals surface area (Å²) in [7, 11) is 0. The summed E-state index contributed by atoms with van der Waals surface area (Å²) in [6.45, 7) is 0. The van der Waals surface area contributed by atoms with Gasteiger partial charge in [0.1, 0.15) is 16.8 Å². The summed E-state index contributed by atoms with van der Waals surface area (Å²) in [6.07, 6.45) is 0. The van der Waals surface area contributed by atoms with Gasteiger partial charge in [-0.15, -0.1) is 0 Å². The van der Waals surface area contributed by atoms with Crippen LogP contribution in [0, 0.1) is 4.77 Å². The molecule has 0 unspecified atom stereocenters. The van der Waals surface area contributed by atoms with Crippen molar-refractivity contribution in [3.63, 3.8) is 0 Å². The van der Waals surface area contributed by atoms with Crippen molar-refractivity contribution in [3.05, 3.63) is 220 Å². The third-order valence-electron chi connectivity index (χ3n) is 8.92. The Morgan fingerprint density at radius 3 is 0.900 bits per heavy atom. The van der Waals surface area contributed by atoms with E-state index in [1.165, 1.54) is 0 Å². The molecule has 0 saturated carbocycles. The molecule has 7 rings (SSSR count). The van der Waals surface area contributed by atoms with E-state index in [9.17, 15) is 0 Å². The summed E-state index contributed by atoms with van der Waals surface area (Å²) >= 11 is 45.1. The Kier molecular flexibility index (Phi) is 9.90. The van der Waals surface area contributed by atoms with E-state index in [4.69, 9.17) is 86.8 Å². The molecule has 50 heavy (non-hydrogen) atoms. The van der Waals surface area contributed by atoms with Crippen LogP contribution >= 0.6 is 81.8 Å². The summed E-state index contributed by atoms with van der Waals surface area (Å²) < 4.78 is 2.31. The number of benzene rings is 6. The highest BCUT2D eigenvalue weighted by molar-refractivity contribution is 7.71. The number of hydrogen-bond donors (Lipinski definition) is 1. The van der Waals surface area contributed by atoms with Gasteiger partial charge in [-0.25, -0.2) is 4.98 Å². The standard InChI is InChI=1S/C40H25Cl6N3S/c41-31-13-1-25(2-14-31)39(26-3-15-32(42)16-4-26,27-5-17-33(43)18-6-27)37-47-38(50)48-49(37)40(28-7-19-34(44)20-8-28,29-9-21-35(45)22-10-29)30-11-23-36(46)24-12-30/h1-24H,(H,48,50). The molecule has 0 radical (unpaired) electrons. The maximum absolute atomic E-state index is 6.52. The van der Waals surface area contributed by atoms with Crippen molar-refractivity contribution in [1.82, 2.24) is 14.8 Å². The van der Waals surface area contributed by atoms with Crippen molar-refractivity contribution in [3.8, 4) is 0 Å². The molecule has 0 spiro atoms. The molecule has 0 fully saturated rings. The summed E-state index contributed by atoms with van der Waals surface area (Å²) in [4.78, 5) is 5.22. The van der Waals surface area contributed by atoms with Crippen LogP contribution in [0.3, 0.4) is 0 Å². The fraction of sp³-hybridized carbons (Fsp3) is 0.0500. The largest absolute Gasteiger partial charge is 0.270 e. The number of rotatable bonds is 8. The van der Waals surface area contributed by atoms with E-state index < -0.39 is 11.0 Å². The normalized spacial score (nSPS) is 11.9. The molecule has 0 aliphatic heterocycles. The average molecular weight is 792 g/mol. The molecule has 1 aromatic heterocycles. The summed E-state index contributed by atoms with van der Waals surface area (Å²) in [5.74, 6) is 0.578. The van der Waals surface area contributed by atoms with Crippen molar-refractivity contribution < 1.29 is 0 Å². The Morgan fingerprint density at radius 1 is 0.400 bits per heavy atom. The number of aromatic amines is 1. The smallest absolute Gasteiger partial charge is 0.213 e. The second-order valence-electron chi connectivity index (χ2n) is 11.7. The third kappa shape index (κ3) is 6.18. The van der Waals surface area contributed by atoms with Crippen LogP contribution in [-0.4, -0.2) is 14.8 Å². The predicted octanol–water partition coefficient (Wildman–Crippen LogP) is 13.1. The first-order valence-corrected chi connectivity index (χ1v) is 18.1. The van der Waals surface area contributed by atoms with Gasteiger partial charge in [0.2, 0.25) is 4.77 Å². The average Bonchev–Trinajstić information content (AvgIpc) is 3.51. The van der Waals surface area contributed by atoms with E-state index in [-0.39, 0.29) is 4.77 Å². The molecular formula is C40H25Cl6N3S.